The Balaban J connectivity index is 1.66. The average Bonchev–Trinajstić information content (AvgIpc) is 3.30. The fraction of sp³-hybridized carbons (Fsp3) is 0.190. The van der Waals surface area contributed by atoms with Crippen LogP contribution < -0.4 is 4.90 Å². The third kappa shape index (κ3) is 3.85. The first kappa shape index (κ1) is 19.5. The van der Waals surface area contributed by atoms with Gasteiger partial charge in [-0.3, -0.25) is 0 Å². The summed E-state index contributed by atoms with van der Waals surface area (Å²) >= 11 is 6.01. The molecule has 0 aliphatic carbocycles. The van der Waals surface area contributed by atoms with Gasteiger partial charge in [0.15, 0.2) is 5.82 Å². The lowest BCUT2D eigenvalue weighted by molar-refractivity contribution is 0.122. The Hall–Kier alpha value is -3.43. The summed E-state index contributed by atoms with van der Waals surface area (Å²) in [5.41, 5.74) is 1.99. The molecule has 8 nitrogen and oxygen atoms in total. The number of hydrogen-bond acceptors (Lipinski definition) is 7. The minimum atomic E-state index is -0.388. The van der Waals surface area contributed by atoms with Gasteiger partial charge in [-0.05, 0) is 46.8 Å². The van der Waals surface area contributed by atoms with E-state index in [-0.39, 0.29) is 5.82 Å². The number of hydrogen-bond donors (Lipinski definition) is 0. The Kier molecular flexibility index (Phi) is 5.27. The van der Waals surface area contributed by atoms with Crippen LogP contribution in [0.1, 0.15) is 0 Å². The SMILES string of the molecule is Fc1ccccc1-c1nc(N2CCOCC2)ncc1-c1nnnn1-c1ccc(Cl)cc1. The highest BCUT2D eigenvalue weighted by molar-refractivity contribution is 6.30. The summed E-state index contributed by atoms with van der Waals surface area (Å²) < 4.78 is 21.7. The number of aromatic nitrogens is 6. The van der Waals surface area contributed by atoms with Crippen molar-refractivity contribution in [3.63, 3.8) is 0 Å². The van der Waals surface area contributed by atoms with Crippen molar-refractivity contribution >= 4 is 17.5 Å². The Bertz CT molecular complexity index is 1210. The number of anilines is 1. The molecule has 0 unspecified atom stereocenters. The monoisotopic (exact) mass is 437 g/mol. The van der Waals surface area contributed by atoms with Gasteiger partial charge >= 0.3 is 0 Å². The maximum atomic E-state index is 14.8. The van der Waals surface area contributed by atoms with Crippen LogP contribution in [-0.4, -0.2) is 56.5 Å². The van der Waals surface area contributed by atoms with Gasteiger partial charge in [-0.2, -0.15) is 4.68 Å². The van der Waals surface area contributed by atoms with Gasteiger partial charge in [0.05, 0.1) is 30.2 Å². The molecule has 156 valence electrons. The number of tetrazole rings is 1. The molecule has 5 rings (SSSR count). The molecule has 0 atom stereocenters. The molecule has 31 heavy (non-hydrogen) atoms. The second-order valence-electron chi connectivity index (χ2n) is 6.90. The molecule has 10 heteroatoms. The zero-order valence-electron chi connectivity index (χ0n) is 16.3. The van der Waals surface area contributed by atoms with E-state index in [9.17, 15) is 4.39 Å². The van der Waals surface area contributed by atoms with Crippen molar-refractivity contribution in [3.05, 3.63) is 65.6 Å². The number of halogens is 2. The van der Waals surface area contributed by atoms with Gasteiger partial charge in [-0.15, -0.1) is 5.10 Å². The van der Waals surface area contributed by atoms with Crippen molar-refractivity contribution < 1.29 is 9.13 Å². The van der Waals surface area contributed by atoms with Crippen LogP contribution in [0, 0.1) is 5.82 Å². The van der Waals surface area contributed by atoms with Crippen molar-refractivity contribution in [3.8, 4) is 28.3 Å². The van der Waals surface area contributed by atoms with E-state index in [1.54, 1.807) is 53.3 Å². The van der Waals surface area contributed by atoms with Crippen molar-refractivity contribution in [2.45, 2.75) is 0 Å². The average molecular weight is 438 g/mol. The van der Waals surface area contributed by atoms with Crippen molar-refractivity contribution in [2.24, 2.45) is 0 Å². The van der Waals surface area contributed by atoms with Gasteiger partial charge in [0.2, 0.25) is 5.95 Å². The van der Waals surface area contributed by atoms with Crippen LogP contribution in [0.3, 0.4) is 0 Å². The number of ether oxygens (including phenoxy) is 1. The van der Waals surface area contributed by atoms with E-state index in [2.05, 4.69) is 20.5 Å². The molecule has 1 aliphatic rings. The molecule has 0 spiro atoms. The number of rotatable bonds is 4. The van der Waals surface area contributed by atoms with Gasteiger partial charge in [0.1, 0.15) is 5.82 Å². The van der Waals surface area contributed by atoms with E-state index in [1.165, 1.54) is 6.07 Å². The van der Waals surface area contributed by atoms with E-state index < -0.39 is 0 Å². The zero-order valence-corrected chi connectivity index (χ0v) is 17.1. The largest absolute Gasteiger partial charge is 0.378 e. The number of morpholine rings is 1. The van der Waals surface area contributed by atoms with Gasteiger partial charge in [-0.25, -0.2) is 14.4 Å². The van der Waals surface area contributed by atoms with Crippen molar-refractivity contribution in [1.82, 2.24) is 30.2 Å². The highest BCUT2D eigenvalue weighted by atomic mass is 35.5. The molecule has 0 saturated carbocycles. The number of nitrogens with zero attached hydrogens (tertiary/aromatic N) is 7. The Morgan fingerprint density at radius 1 is 0.968 bits per heavy atom. The molecule has 1 saturated heterocycles. The second-order valence-corrected chi connectivity index (χ2v) is 7.34. The maximum absolute atomic E-state index is 14.8. The fourth-order valence-corrected chi connectivity index (χ4v) is 3.55. The topological polar surface area (TPSA) is 81.8 Å². The predicted molar refractivity (Wildman–Crippen MR) is 114 cm³/mol. The molecular formula is C21H17ClFN7O. The molecule has 0 amide bonds. The van der Waals surface area contributed by atoms with Crippen molar-refractivity contribution in [1.29, 1.82) is 0 Å². The van der Waals surface area contributed by atoms with E-state index in [0.29, 0.717) is 65.6 Å². The van der Waals surface area contributed by atoms with Gasteiger partial charge in [0.25, 0.3) is 0 Å². The van der Waals surface area contributed by atoms with E-state index in [1.807, 2.05) is 4.90 Å². The molecule has 2 aromatic carbocycles. The molecule has 0 radical (unpaired) electrons. The van der Waals surface area contributed by atoms with Crippen molar-refractivity contribution in [2.75, 3.05) is 31.2 Å². The van der Waals surface area contributed by atoms with E-state index in [4.69, 9.17) is 21.3 Å². The third-order valence-electron chi connectivity index (χ3n) is 4.98. The van der Waals surface area contributed by atoms with Crippen LogP contribution in [0.15, 0.2) is 54.7 Å². The van der Waals surface area contributed by atoms with Crippen LogP contribution in [0.25, 0.3) is 28.3 Å². The first-order chi connectivity index (χ1) is 15.2. The van der Waals surface area contributed by atoms with Crippen LogP contribution in [0.2, 0.25) is 5.02 Å². The first-order valence-corrected chi connectivity index (χ1v) is 10.1. The lowest BCUT2D eigenvalue weighted by atomic mass is 10.1. The molecule has 2 aromatic heterocycles. The fourth-order valence-electron chi connectivity index (χ4n) is 3.42. The Morgan fingerprint density at radius 3 is 2.52 bits per heavy atom. The minimum absolute atomic E-state index is 0.347. The van der Waals surface area contributed by atoms with Crippen LogP contribution in [0.5, 0.6) is 0 Å². The standard InChI is InChI=1S/C21H17ClFN7O/c22-14-5-7-15(8-6-14)30-20(26-27-28-30)17-13-24-21(29-9-11-31-12-10-29)25-19(17)16-3-1-2-4-18(16)23/h1-8,13H,9-12H2. The normalized spacial score (nSPS) is 14.1. The highest BCUT2D eigenvalue weighted by Gasteiger charge is 2.22. The van der Waals surface area contributed by atoms with Gasteiger partial charge in [0, 0.05) is 29.9 Å². The Morgan fingerprint density at radius 2 is 1.74 bits per heavy atom. The molecule has 4 aromatic rings. The van der Waals surface area contributed by atoms with Gasteiger partial charge < -0.3 is 9.64 Å². The van der Waals surface area contributed by atoms with Crippen LogP contribution >= 0.6 is 11.6 Å². The zero-order chi connectivity index (χ0) is 21.2. The van der Waals surface area contributed by atoms with Crippen LogP contribution in [-0.2, 0) is 4.74 Å². The first-order valence-electron chi connectivity index (χ1n) is 9.70. The van der Waals surface area contributed by atoms with E-state index in [0.717, 1.165) is 0 Å². The summed E-state index contributed by atoms with van der Waals surface area (Å²) in [6, 6.07) is 13.6. The number of benzene rings is 2. The minimum Gasteiger partial charge on any atom is -0.378 e. The summed E-state index contributed by atoms with van der Waals surface area (Å²) in [6.07, 6.45) is 1.64. The van der Waals surface area contributed by atoms with Crippen LogP contribution in [0.4, 0.5) is 10.3 Å². The summed E-state index contributed by atoms with van der Waals surface area (Å²) in [5, 5.41) is 12.7. The molecular weight excluding hydrogens is 421 g/mol. The molecule has 0 bridgehead atoms. The lowest BCUT2D eigenvalue weighted by Crippen LogP contribution is -2.37. The maximum Gasteiger partial charge on any atom is 0.226 e. The summed E-state index contributed by atoms with van der Waals surface area (Å²) in [6.45, 7) is 2.51. The smallest absolute Gasteiger partial charge is 0.226 e. The molecule has 1 fully saturated rings. The Labute approximate surface area is 182 Å². The van der Waals surface area contributed by atoms with Gasteiger partial charge in [-0.1, -0.05) is 23.7 Å². The summed E-state index contributed by atoms with van der Waals surface area (Å²) in [4.78, 5) is 11.3. The van der Waals surface area contributed by atoms with E-state index >= 15 is 0 Å². The predicted octanol–water partition coefficient (Wildman–Crippen LogP) is 3.42. The summed E-state index contributed by atoms with van der Waals surface area (Å²) in [5.74, 6) is 0.519. The second kappa shape index (κ2) is 8.37. The quantitative estimate of drug-likeness (QED) is 0.483. The third-order valence-corrected chi connectivity index (χ3v) is 5.23. The lowest BCUT2D eigenvalue weighted by Gasteiger charge is -2.27. The highest BCUT2D eigenvalue weighted by Crippen LogP contribution is 2.32. The molecule has 3 heterocycles. The molecule has 0 N–H and O–H groups in total. The summed E-state index contributed by atoms with van der Waals surface area (Å²) in [7, 11) is 0. The molecule has 1 aliphatic heterocycles.